The van der Waals surface area contributed by atoms with Gasteiger partial charge in [-0.25, -0.2) is 0 Å². The molecule has 0 atom stereocenters. The Kier molecular flexibility index (Phi) is 23.1. The van der Waals surface area contributed by atoms with E-state index >= 15 is 0 Å². The van der Waals surface area contributed by atoms with Crippen molar-refractivity contribution in [1.82, 2.24) is 0 Å². The van der Waals surface area contributed by atoms with Crippen molar-refractivity contribution in [2.45, 2.75) is 118 Å². The van der Waals surface area contributed by atoms with Crippen LogP contribution in [0.25, 0.3) is 65.3 Å². The molecule has 0 amide bonds. The maximum Gasteiger partial charge on any atom is 2.00 e. The van der Waals surface area contributed by atoms with Crippen LogP contribution in [0.3, 0.4) is 0 Å². The third-order valence-electron chi connectivity index (χ3n) is 12.4. The Morgan fingerprint density at radius 2 is 0.611 bits per heavy atom. The van der Waals surface area contributed by atoms with Crippen molar-refractivity contribution in [3.05, 3.63) is 205 Å². The average molecular weight is 1100 g/mol. The van der Waals surface area contributed by atoms with Gasteiger partial charge < -0.3 is 24.8 Å². The maximum absolute atomic E-state index is 2.40. The molecule has 0 aliphatic heterocycles. The van der Waals surface area contributed by atoms with E-state index in [4.69, 9.17) is 0 Å². The van der Waals surface area contributed by atoms with Crippen molar-refractivity contribution in [3.63, 3.8) is 0 Å². The second-order valence-electron chi connectivity index (χ2n) is 22.5. The first kappa shape index (κ1) is 62.9. The zero-order valence-electron chi connectivity index (χ0n) is 45.1. The zero-order chi connectivity index (χ0) is 49.0. The molecule has 0 spiro atoms. The molecule has 0 aliphatic rings. The van der Waals surface area contributed by atoms with Gasteiger partial charge in [0.25, 0.3) is 0 Å². The van der Waals surface area contributed by atoms with Gasteiger partial charge in [-0.2, -0.15) is 24.3 Å². The monoisotopic (exact) mass is 1090 g/mol. The summed E-state index contributed by atoms with van der Waals surface area (Å²) in [5.74, 6) is 0. The number of benzene rings is 6. The van der Waals surface area contributed by atoms with Crippen LogP contribution in [0.1, 0.15) is 94.2 Å². The number of rotatable bonds is 4. The molecule has 0 fully saturated rings. The van der Waals surface area contributed by atoms with Gasteiger partial charge in [0.2, 0.25) is 0 Å². The van der Waals surface area contributed by atoms with Crippen LogP contribution < -0.4 is 35.4 Å². The first-order valence-electron chi connectivity index (χ1n) is 24.4. The Balaban J connectivity index is 0.000000249. The molecule has 0 bridgehead atoms. The fourth-order valence-electron chi connectivity index (χ4n) is 10.6. The minimum absolute atomic E-state index is 0. The summed E-state index contributed by atoms with van der Waals surface area (Å²) in [6, 6.07) is 70.1. The third kappa shape index (κ3) is 15.8. The quantitative estimate of drug-likeness (QED) is 0.0936. The van der Waals surface area contributed by atoms with Gasteiger partial charge in [0.05, 0.1) is 0 Å². The molecular formula is C66H74Cl2P2Ti2-2. The van der Waals surface area contributed by atoms with Gasteiger partial charge in [-0.1, -0.05) is 209 Å². The van der Waals surface area contributed by atoms with Gasteiger partial charge in [-0.05, 0) is 31.8 Å². The molecule has 0 saturated heterocycles. The number of fused-ring (bicyclic) bond motifs is 4. The van der Waals surface area contributed by atoms with Crippen molar-refractivity contribution < 1.29 is 68.2 Å². The van der Waals surface area contributed by atoms with Crippen molar-refractivity contribution in [2.75, 3.05) is 0 Å². The van der Waals surface area contributed by atoms with Crippen LogP contribution in [0.2, 0.25) is 0 Å². The molecule has 10 aromatic rings. The number of hydrogen-bond acceptors (Lipinski definition) is 0. The second kappa shape index (κ2) is 26.4. The van der Waals surface area contributed by atoms with E-state index in [-0.39, 0.29) is 84.1 Å². The molecule has 0 aromatic heterocycles. The molecule has 10 aromatic carbocycles. The van der Waals surface area contributed by atoms with Gasteiger partial charge >= 0.3 is 43.4 Å². The molecule has 0 radical (unpaired) electrons. The van der Waals surface area contributed by atoms with Gasteiger partial charge in [0.1, 0.15) is 0 Å². The molecule has 72 heavy (non-hydrogen) atoms. The van der Waals surface area contributed by atoms with Crippen molar-refractivity contribution in [3.8, 4) is 22.3 Å². The summed E-state index contributed by atoms with van der Waals surface area (Å²) in [5, 5.41) is 15.4. The van der Waals surface area contributed by atoms with Crippen LogP contribution in [0.5, 0.6) is 0 Å². The Morgan fingerprint density at radius 1 is 0.319 bits per heavy atom. The number of aryl methyl sites for hydroxylation is 2. The van der Waals surface area contributed by atoms with E-state index < -0.39 is 0 Å². The summed E-state index contributed by atoms with van der Waals surface area (Å²) in [6.45, 7) is 32.8. The Labute approximate surface area is 478 Å². The molecule has 0 nitrogen and oxygen atoms in total. The summed E-state index contributed by atoms with van der Waals surface area (Å²) in [5.41, 5.74) is 7.89. The molecule has 0 aliphatic carbocycles. The van der Waals surface area contributed by atoms with Gasteiger partial charge in [-0.15, -0.1) is 150 Å². The minimum Gasteiger partial charge on any atom is -1.00 e. The van der Waals surface area contributed by atoms with E-state index in [9.17, 15) is 0 Å². The van der Waals surface area contributed by atoms with Crippen molar-refractivity contribution in [1.29, 1.82) is 0 Å². The summed E-state index contributed by atoms with van der Waals surface area (Å²) in [4.78, 5) is 0. The molecular weight excluding hydrogens is 1020 g/mol. The van der Waals surface area contributed by atoms with Crippen LogP contribution in [0, 0.1) is 13.8 Å². The second-order valence-corrected chi connectivity index (χ2v) is 30.2. The van der Waals surface area contributed by atoms with Gasteiger partial charge in [-0.3, -0.25) is 0 Å². The fraction of sp³-hybridized carbons (Fsp3) is 0.273. The van der Waals surface area contributed by atoms with E-state index in [1.807, 2.05) is 0 Å². The fourth-order valence-corrected chi connectivity index (χ4v) is 18.8. The van der Waals surface area contributed by atoms with Gasteiger partial charge in [0, 0.05) is 0 Å². The Morgan fingerprint density at radius 3 is 0.917 bits per heavy atom. The van der Waals surface area contributed by atoms with Crippen LogP contribution in [0.4, 0.5) is 0 Å². The van der Waals surface area contributed by atoms with E-state index in [1.54, 1.807) is 10.6 Å². The van der Waals surface area contributed by atoms with E-state index in [1.165, 1.54) is 76.5 Å². The third-order valence-corrected chi connectivity index (χ3v) is 19.3. The molecule has 0 saturated carbocycles. The normalized spacial score (nSPS) is 11.6. The average Bonchev–Trinajstić information content (AvgIpc) is 4.06. The Bertz CT molecular complexity index is 2880. The number of hydrogen-bond donors (Lipinski definition) is 0. The topological polar surface area (TPSA) is 0 Å². The minimum atomic E-state index is -0.185. The molecule has 10 rings (SSSR count). The summed E-state index contributed by atoms with van der Waals surface area (Å²) >= 11 is 0. The SMILES string of the molecule is CC(C)(C)P(c1cc2ccccc2[cH-]1)C(C)(C)C.CC(C)(C)P(c1cc2ccccc2[cH-]1)C(C)(C)C.Cc1cc2c(-c3ccccc3)cccc2[cH-]1.Cc1cc2c(-c3ccccc3)cccc2[cH-]1.[Cl-].[Cl-].[Ti+2].[Ti+2]. The van der Waals surface area contributed by atoms with Crippen molar-refractivity contribution in [2.24, 2.45) is 0 Å². The number of halogens is 2. The van der Waals surface area contributed by atoms with E-state index in [0.29, 0.717) is 20.6 Å². The first-order valence-corrected chi connectivity index (χ1v) is 27.1. The summed E-state index contributed by atoms with van der Waals surface area (Å²) < 4.78 is 0. The van der Waals surface area contributed by atoms with Crippen LogP contribution >= 0.6 is 15.8 Å². The maximum atomic E-state index is 2.40. The smallest absolute Gasteiger partial charge is 1.00 e. The summed E-state index contributed by atoms with van der Waals surface area (Å²) in [7, 11) is -0.369. The van der Waals surface area contributed by atoms with E-state index in [2.05, 4.69) is 291 Å². The standard InChI is InChI=1S/2C17H24P.2C16H13.2ClH.2Ti/c2*1-16(2,3)18(17(4,5)6)15-11-13-9-7-8-10-14(13)12-15;2*1-12-10-14-8-5-9-15(16(14)11-12)13-6-3-2-4-7-13;;;;/h2*7-12H,1-6H3;2*2-11H,1H3;2*1H;;/q4*-1;;;2*+2/p-2. The largest absolute Gasteiger partial charge is 2.00 e. The van der Waals surface area contributed by atoms with Crippen LogP contribution in [-0.2, 0) is 43.4 Å². The molecule has 0 N–H and O–H groups in total. The molecule has 0 unspecified atom stereocenters. The molecule has 6 heteroatoms. The first-order chi connectivity index (χ1) is 32.1. The molecule has 372 valence electrons. The van der Waals surface area contributed by atoms with Crippen molar-refractivity contribution >= 4 is 69.5 Å². The van der Waals surface area contributed by atoms with Crippen LogP contribution in [-0.4, -0.2) is 20.6 Å². The molecule has 0 heterocycles. The summed E-state index contributed by atoms with van der Waals surface area (Å²) in [6.07, 6.45) is 0. The Hall–Kier alpha value is -3.37. The predicted octanol–water partition coefficient (Wildman–Crippen LogP) is 13.6. The van der Waals surface area contributed by atoms with E-state index in [0.717, 1.165) is 0 Å². The van der Waals surface area contributed by atoms with Gasteiger partial charge in [0.15, 0.2) is 0 Å². The predicted molar refractivity (Wildman–Crippen MR) is 311 cm³/mol. The van der Waals surface area contributed by atoms with Crippen LogP contribution in [0.15, 0.2) is 194 Å². The zero-order valence-corrected chi connectivity index (χ0v) is 51.5.